The molecule has 9 heteroatoms. The molecule has 0 bridgehead atoms. The Kier molecular flexibility index (Phi) is 11.1. The molecule has 0 aliphatic rings. The summed E-state index contributed by atoms with van der Waals surface area (Å²) in [4.78, 5) is 25.5. The molecule has 1 atom stereocenters. The van der Waals surface area contributed by atoms with Crippen LogP contribution in [0.4, 0.5) is 0 Å². The van der Waals surface area contributed by atoms with E-state index in [1.54, 1.807) is 34.9 Å². The van der Waals surface area contributed by atoms with Crippen molar-refractivity contribution < 1.29 is 9.59 Å². The maximum Gasteiger partial charge on any atom is 0.266 e. The Balaban J connectivity index is 1.68. The van der Waals surface area contributed by atoms with Crippen molar-refractivity contribution in [3.8, 4) is 11.1 Å². The normalized spacial score (nSPS) is 11.6. The lowest BCUT2D eigenvalue weighted by Gasteiger charge is -2.16. The van der Waals surface area contributed by atoms with Crippen molar-refractivity contribution in [3.05, 3.63) is 82.0 Å². The average Bonchev–Trinajstić information content (AvgIpc) is 3.40. The van der Waals surface area contributed by atoms with Crippen LogP contribution in [0.3, 0.4) is 0 Å². The number of benzene rings is 2. The summed E-state index contributed by atoms with van der Waals surface area (Å²) in [6, 6.07) is 19.3. The van der Waals surface area contributed by atoms with Gasteiger partial charge in [0.25, 0.3) is 5.91 Å². The van der Waals surface area contributed by atoms with Gasteiger partial charge in [-0.15, -0.1) is 11.3 Å². The van der Waals surface area contributed by atoms with Gasteiger partial charge in [0.05, 0.1) is 12.6 Å². The number of carbonyl (C=O) groups excluding carboxylic acids is 2. The first kappa shape index (κ1) is 26.4. The van der Waals surface area contributed by atoms with Crippen LogP contribution in [0.25, 0.3) is 11.1 Å². The third kappa shape index (κ3) is 8.25. The standard InChI is InChI=1S/C25H27N3O2S4/c1-32-13-11-20(16-29)27-28-24(30)22-10-9-18(14-23(22)19-6-3-2-4-7-19)17-34-25(31)26-15-21-8-5-12-33-21/h2-10,12,14,16,20,27H,11,13,15,17H2,1H3,(H,26,31)(H,28,30)/t20-/m1/s1. The summed E-state index contributed by atoms with van der Waals surface area (Å²) in [6.07, 6.45) is 3.45. The lowest BCUT2D eigenvalue weighted by atomic mass is 9.97. The summed E-state index contributed by atoms with van der Waals surface area (Å²) in [7, 11) is 0. The molecule has 2 aromatic carbocycles. The highest BCUT2D eigenvalue weighted by molar-refractivity contribution is 8.22. The van der Waals surface area contributed by atoms with Crippen LogP contribution in [-0.2, 0) is 17.1 Å². The Labute approximate surface area is 218 Å². The van der Waals surface area contributed by atoms with E-state index in [4.69, 9.17) is 12.2 Å². The average molecular weight is 530 g/mol. The molecule has 0 saturated carbocycles. The monoisotopic (exact) mass is 529 g/mol. The van der Waals surface area contributed by atoms with Gasteiger partial charge in [0.2, 0.25) is 0 Å². The van der Waals surface area contributed by atoms with Crippen LogP contribution >= 0.6 is 47.1 Å². The number of hydrogen-bond acceptors (Lipinski definition) is 7. The van der Waals surface area contributed by atoms with Gasteiger partial charge in [-0.05, 0) is 58.7 Å². The summed E-state index contributed by atoms with van der Waals surface area (Å²) in [5.74, 6) is 1.25. The van der Waals surface area contributed by atoms with E-state index in [0.717, 1.165) is 39.6 Å². The van der Waals surface area contributed by atoms with Crippen LogP contribution in [0.2, 0.25) is 0 Å². The zero-order valence-electron chi connectivity index (χ0n) is 18.8. The van der Waals surface area contributed by atoms with Gasteiger partial charge in [0.15, 0.2) is 0 Å². The van der Waals surface area contributed by atoms with Gasteiger partial charge in [-0.3, -0.25) is 10.2 Å². The van der Waals surface area contributed by atoms with Gasteiger partial charge in [-0.2, -0.15) is 11.8 Å². The minimum absolute atomic E-state index is 0.276. The molecule has 0 fully saturated rings. The molecule has 1 aromatic heterocycles. The zero-order valence-corrected chi connectivity index (χ0v) is 22.0. The Morgan fingerprint density at radius 2 is 1.97 bits per heavy atom. The van der Waals surface area contributed by atoms with Gasteiger partial charge in [0.1, 0.15) is 10.6 Å². The molecular weight excluding hydrogens is 503 g/mol. The van der Waals surface area contributed by atoms with Gasteiger partial charge >= 0.3 is 0 Å². The second kappa shape index (κ2) is 14.3. The quantitative estimate of drug-likeness (QED) is 0.168. The summed E-state index contributed by atoms with van der Waals surface area (Å²) < 4.78 is 0.742. The SMILES string of the molecule is CSCC[C@H](C=O)NNC(=O)c1ccc(CSC(=S)NCc2cccs2)cc1-c1ccccc1. The minimum atomic E-state index is -0.421. The van der Waals surface area contributed by atoms with Crippen LogP contribution in [-0.4, -0.2) is 34.6 Å². The zero-order chi connectivity index (χ0) is 24.2. The van der Waals surface area contributed by atoms with E-state index in [1.165, 1.54) is 4.88 Å². The Bertz CT molecular complexity index is 1080. The number of carbonyl (C=O) groups is 2. The number of rotatable bonds is 12. The molecule has 5 nitrogen and oxygen atoms in total. The molecule has 3 aromatic rings. The fraction of sp³-hybridized carbons (Fsp3) is 0.240. The van der Waals surface area contributed by atoms with E-state index >= 15 is 0 Å². The number of thioether (sulfide) groups is 2. The van der Waals surface area contributed by atoms with Crippen molar-refractivity contribution in [2.45, 2.75) is 24.8 Å². The molecule has 1 heterocycles. The van der Waals surface area contributed by atoms with Gasteiger partial charge in [-0.25, -0.2) is 5.43 Å². The van der Waals surface area contributed by atoms with Gasteiger partial charge in [0, 0.05) is 16.2 Å². The summed E-state index contributed by atoms with van der Waals surface area (Å²) in [5.41, 5.74) is 8.95. The Morgan fingerprint density at radius 3 is 2.68 bits per heavy atom. The third-order valence-corrected chi connectivity index (χ3v) is 7.84. The second-order valence-corrected chi connectivity index (χ2v) is 11.0. The van der Waals surface area contributed by atoms with E-state index in [0.29, 0.717) is 17.7 Å². The first-order valence-corrected chi connectivity index (χ1v) is 14.4. The maximum atomic E-state index is 13.0. The van der Waals surface area contributed by atoms with Crippen molar-refractivity contribution >= 4 is 63.6 Å². The van der Waals surface area contributed by atoms with Gasteiger partial charge < -0.3 is 10.1 Å². The molecule has 0 spiro atoms. The largest absolute Gasteiger partial charge is 0.366 e. The molecule has 34 heavy (non-hydrogen) atoms. The molecular formula is C25H27N3O2S4. The second-order valence-electron chi connectivity index (χ2n) is 7.38. The van der Waals surface area contributed by atoms with Gasteiger partial charge in [-0.1, -0.05) is 66.4 Å². The molecule has 0 aliphatic heterocycles. The number of hydrogen-bond donors (Lipinski definition) is 3. The molecule has 178 valence electrons. The summed E-state index contributed by atoms with van der Waals surface area (Å²) in [6.45, 7) is 0.726. The Hall–Kier alpha value is -2.17. The number of aldehydes is 1. The highest BCUT2D eigenvalue weighted by atomic mass is 32.2. The molecule has 0 aliphatic carbocycles. The highest BCUT2D eigenvalue weighted by Crippen LogP contribution is 2.27. The highest BCUT2D eigenvalue weighted by Gasteiger charge is 2.16. The fourth-order valence-corrected chi connectivity index (χ4v) is 5.19. The first-order valence-electron chi connectivity index (χ1n) is 10.7. The topological polar surface area (TPSA) is 70.2 Å². The molecule has 0 saturated heterocycles. The number of amides is 1. The van der Waals surface area contributed by atoms with Crippen LogP contribution in [0.15, 0.2) is 66.0 Å². The maximum absolute atomic E-state index is 13.0. The van der Waals surface area contributed by atoms with Crippen LogP contribution in [0.5, 0.6) is 0 Å². The summed E-state index contributed by atoms with van der Waals surface area (Å²) >= 11 is 10.4. The Morgan fingerprint density at radius 1 is 1.15 bits per heavy atom. The lowest BCUT2D eigenvalue weighted by Crippen LogP contribution is -2.45. The molecule has 3 rings (SSSR count). The van der Waals surface area contributed by atoms with E-state index < -0.39 is 6.04 Å². The van der Waals surface area contributed by atoms with E-state index in [9.17, 15) is 9.59 Å². The molecule has 3 N–H and O–H groups in total. The number of nitrogens with one attached hydrogen (secondary N) is 3. The lowest BCUT2D eigenvalue weighted by molar-refractivity contribution is -0.109. The van der Waals surface area contributed by atoms with Crippen molar-refractivity contribution in [2.24, 2.45) is 0 Å². The van der Waals surface area contributed by atoms with E-state index in [1.807, 2.05) is 60.9 Å². The van der Waals surface area contributed by atoms with Crippen molar-refractivity contribution in [3.63, 3.8) is 0 Å². The summed E-state index contributed by atoms with van der Waals surface area (Å²) in [5, 5.41) is 5.33. The van der Waals surface area contributed by atoms with Crippen LogP contribution < -0.4 is 16.2 Å². The van der Waals surface area contributed by atoms with E-state index in [2.05, 4.69) is 27.6 Å². The third-order valence-electron chi connectivity index (χ3n) is 4.94. The van der Waals surface area contributed by atoms with Crippen molar-refractivity contribution in [2.75, 3.05) is 12.0 Å². The first-order chi connectivity index (χ1) is 16.6. The number of thiophene rings is 1. The van der Waals surface area contributed by atoms with Crippen molar-refractivity contribution in [1.82, 2.24) is 16.2 Å². The predicted molar refractivity (Wildman–Crippen MR) is 150 cm³/mol. The fourth-order valence-electron chi connectivity index (χ4n) is 3.15. The number of thiocarbonyl (C=S) groups is 1. The number of hydrazine groups is 1. The molecule has 1 amide bonds. The minimum Gasteiger partial charge on any atom is -0.366 e. The van der Waals surface area contributed by atoms with Crippen LogP contribution in [0, 0.1) is 0 Å². The van der Waals surface area contributed by atoms with Crippen molar-refractivity contribution in [1.29, 1.82) is 0 Å². The smallest absolute Gasteiger partial charge is 0.266 e. The molecule has 0 unspecified atom stereocenters. The van der Waals surface area contributed by atoms with E-state index in [-0.39, 0.29) is 5.91 Å². The predicted octanol–water partition coefficient (Wildman–Crippen LogP) is 5.28. The van der Waals surface area contributed by atoms with Crippen LogP contribution in [0.1, 0.15) is 27.2 Å². The molecule has 0 radical (unpaired) electrons.